The fourth-order valence-corrected chi connectivity index (χ4v) is 4.86. The summed E-state index contributed by atoms with van der Waals surface area (Å²) < 4.78 is 11.1. The van der Waals surface area contributed by atoms with Gasteiger partial charge in [-0.25, -0.2) is 4.79 Å². The molecule has 1 fully saturated rings. The molecule has 1 aliphatic carbocycles. The molecule has 0 radical (unpaired) electrons. The molecule has 2 amide bonds. The van der Waals surface area contributed by atoms with Crippen molar-refractivity contribution >= 4 is 18.0 Å². The van der Waals surface area contributed by atoms with Crippen LogP contribution >= 0.6 is 0 Å². The van der Waals surface area contributed by atoms with Gasteiger partial charge in [-0.15, -0.1) is 0 Å². The van der Waals surface area contributed by atoms with Crippen LogP contribution < -0.4 is 10.6 Å². The van der Waals surface area contributed by atoms with E-state index in [1.54, 1.807) is 0 Å². The van der Waals surface area contributed by atoms with Crippen molar-refractivity contribution in [2.75, 3.05) is 13.2 Å². The number of hydrogen-bond acceptors (Lipinski definition) is 5. The van der Waals surface area contributed by atoms with E-state index in [4.69, 9.17) is 14.6 Å². The van der Waals surface area contributed by atoms with Gasteiger partial charge in [-0.2, -0.15) is 0 Å². The van der Waals surface area contributed by atoms with Crippen LogP contribution in [0.4, 0.5) is 4.79 Å². The zero-order valence-corrected chi connectivity index (χ0v) is 19.2. The summed E-state index contributed by atoms with van der Waals surface area (Å²) in [7, 11) is 0. The van der Waals surface area contributed by atoms with E-state index in [2.05, 4.69) is 34.9 Å². The van der Waals surface area contributed by atoms with Crippen molar-refractivity contribution in [3.63, 3.8) is 0 Å². The Morgan fingerprint density at radius 3 is 2.35 bits per heavy atom. The van der Waals surface area contributed by atoms with Gasteiger partial charge in [-0.3, -0.25) is 9.59 Å². The van der Waals surface area contributed by atoms with Crippen molar-refractivity contribution in [1.29, 1.82) is 0 Å². The van der Waals surface area contributed by atoms with Crippen molar-refractivity contribution in [3.8, 4) is 11.1 Å². The number of carboxylic acid groups (broad SMARTS) is 1. The third kappa shape index (κ3) is 5.22. The third-order valence-electron chi connectivity index (χ3n) is 6.40. The minimum absolute atomic E-state index is 0.0529. The molecule has 0 unspecified atom stereocenters. The van der Waals surface area contributed by atoms with Gasteiger partial charge in [0.05, 0.1) is 12.5 Å². The fraction of sp³-hybridized carbons (Fsp3) is 0.423. The van der Waals surface area contributed by atoms with Crippen molar-refractivity contribution in [3.05, 3.63) is 59.7 Å². The first kappa shape index (κ1) is 23.8. The number of benzene rings is 2. The molecule has 4 rings (SSSR count). The summed E-state index contributed by atoms with van der Waals surface area (Å²) in [5.41, 5.74) is 4.55. The first-order valence-electron chi connectivity index (χ1n) is 11.7. The van der Waals surface area contributed by atoms with E-state index in [-0.39, 0.29) is 18.9 Å². The van der Waals surface area contributed by atoms with E-state index in [1.165, 1.54) is 0 Å². The lowest BCUT2D eigenvalue weighted by Gasteiger charge is -2.23. The minimum atomic E-state index is -0.973. The number of alkyl carbamates (subject to hydrolysis) is 1. The van der Waals surface area contributed by atoms with Crippen molar-refractivity contribution in [2.45, 2.75) is 56.7 Å². The van der Waals surface area contributed by atoms with Gasteiger partial charge >= 0.3 is 12.1 Å². The summed E-state index contributed by atoms with van der Waals surface area (Å²) in [5.74, 6) is -1.44. The van der Waals surface area contributed by atoms with Crippen LogP contribution in [0.15, 0.2) is 48.5 Å². The zero-order valence-electron chi connectivity index (χ0n) is 19.2. The van der Waals surface area contributed by atoms with Crippen LogP contribution in [-0.4, -0.2) is 54.5 Å². The Balaban J connectivity index is 1.35. The van der Waals surface area contributed by atoms with Crippen LogP contribution in [0.1, 0.15) is 49.7 Å². The molecular weight excluding hydrogens is 436 g/mol. The lowest BCUT2D eigenvalue weighted by atomic mass is 9.98. The molecule has 0 spiro atoms. The molecule has 2 aromatic carbocycles. The number of carboxylic acids is 1. The minimum Gasteiger partial charge on any atom is -0.481 e. The molecule has 3 atom stereocenters. The van der Waals surface area contributed by atoms with Crippen LogP contribution in [0.2, 0.25) is 0 Å². The average Bonchev–Trinajstić information content (AvgIpc) is 3.40. The highest BCUT2D eigenvalue weighted by molar-refractivity contribution is 5.84. The molecular formula is C26H30N2O6. The average molecular weight is 467 g/mol. The quantitative estimate of drug-likeness (QED) is 0.522. The lowest BCUT2D eigenvalue weighted by molar-refractivity contribution is -0.138. The Kier molecular flexibility index (Phi) is 7.47. The second kappa shape index (κ2) is 10.7. The Labute approximate surface area is 198 Å². The maximum Gasteiger partial charge on any atom is 0.407 e. The monoisotopic (exact) mass is 466 g/mol. The molecule has 180 valence electrons. The van der Waals surface area contributed by atoms with Gasteiger partial charge in [-0.05, 0) is 35.1 Å². The molecule has 8 nitrogen and oxygen atoms in total. The predicted molar refractivity (Wildman–Crippen MR) is 125 cm³/mol. The van der Waals surface area contributed by atoms with Gasteiger partial charge in [0.25, 0.3) is 5.91 Å². The number of fused-ring (bicyclic) bond motifs is 3. The number of carbonyl (C=O) groups is 3. The Bertz CT molecular complexity index is 1010. The van der Waals surface area contributed by atoms with Crippen molar-refractivity contribution in [1.82, 2.24) is 10.6 Å². The van der Waals surface area contributed by atoms with E-state index >= 15 is 0 Å². The largest absolute Gasteiger partial charge is 0.481 e. The van der Waals surface area contributed by atoms with Gasteiger partial charge in [0, 0.05) is 18.6 Å². The van der Waals surface area contributed by atoms with Crippen LogP contribution in [0, 0.1) is 0 Å². The third-order valence-corrected chi connectivity index (χ3v) is 6.40. The van der Waals surface area contributed by atoms with E-state index in [0.29, 0.717) is 19.4 Å². The van der Waals surface area contributed by atoms with Crippen LogP contribution in [0.5, 0.6) is 0 Å². The van der Waals surface area contributed by atoms with E-state index in [0.717, 1.165) is 28.7 Å². The summed E-state index contributed by atoms with van der Waals surface area (Å²) in [6.45, 7) is 2.43. The van der Waals surface area contributed by atoms with Crippen LogP contribution in [-0.2, 0) is 19.1 Å². The highest BCUT2D eigenvalue weighted by Gasteiger charge is 2.37. The Hall–Kier alpha value is -3.39. The lowest BCUT2D eigenvalue weighted by Crippen LogP contribution is -2.51. The fourth-order valence-electron chi connectivity index (χ4n) is 4.86. The second-order valence-corrected chi connectivity index (χ2v) is 8.75. The molecule has 0 bridgehead atoms. The molecule has 3 N–H and O–H groups in total. The highest BCUT2D eigenvalue weighted by Crippen LogP contribution is 2.44. The first-order valence-corrected chi connectivity index (χ1v) is 11.7. The molecule has 2 aliphatic rings. The smallest absolute Gasteiger partial charge is 0.407 e. The van der Waals surface area contributed by atoms with E-state index in [1.807, 2.05) is 31.2 Å². The Morgan fingerprint density at radius 2 is 1.74 bits per heavy atom. The number of rotatable bonds is 9. The molecule has 0 saturated carbocycles. The first-order chi connectivity index (χ1) is 16.5. The van der Waals surface area contributed by atoms with Crippen molar-refractivity contribution < 1.29 is 29.0 Å². The van der Waals surface area contributed by atoms with Gasteiger partial charge < -0.3 is 25.2 Å². The maximum absolute atomic E-state index is 12.7. The summed E-state index contributed by atoms with van der Waals surface area (Å²) >= 11 is 0. The molecule has 1 heterocycles. The Morgan fingerprint density at radius 1 is 1.09 bits per heavy atom. The van der Waals surface area contributed by atoms with E-state index in [9.17, 15) is 14.4 Å². The zero-order chi connectivity index (χ0) is 24.1. The molecule has 1 aliphatic heterocycles. The van der Waals surface area contributed by atoms with Gasteiger partial charge in [-0.1, -0.05) is 61.9 Å². The normalized spacial score (nSPS) is 19.7. The molecule has 1 saturated heterocycles. The highest BCUT2D eigenvalue weighted by atomic mass is 16.6. The van der Waals surface area contributed by atoms with Gasteiger partial charge in [0.2, 0.25) is 0 Å². The molecule has 34 heavy (non-hydrogen) atoms. The number of carbonyl (C=O) groups excluding carboxylic acids is 2. The summed E-state index contributed by atoms with van der Waals surface area (Å²) in [4.78, 5) is 36.4. The van der Waals surface area contributed by atoms with Gasteiger partial charge in [0.15, 0.2) is 6.10 Å². The standard InChI is InChI=1S/C26H30N2O6/c1-2-7-16(14-23(29)30)27-25(31)24-22(12-13-33-24)28-26(32)34-15-21-19-10-5-3-8-17(19)18-9-4-6-11-20(18)21/h3-6,8-11,16,21-22,24H,2,7,12-15H2,1H3,(H,27,31)(H,28,32)(H,29,30)/t16-,22+,24-/m1/s1. The number of aliphatic carboxylic acids is 1. The van der Waals surface area contributed by atoms with E-state index < -0.39 is 36.2 Å². The number of amides is 2. The van der Waals surface area contributed by atoms with Crippen LogP contribution in [0.3, 0.4) is 0 Å². The maximum atomic E-state index is 12.7. The SMILES string of the molecule is CCC[C@H](CC(=O)O)NC(=O)[C@@H]1OCC[C@@H]1NC(=O)OCC1c2ccccc2-c2ccccc21. The van der Waals surface area contributed by atoms with Crippen molar-refractivity contribution in [2.24, 2.45) is 0 Å². The molecule has 0 aromatic heterocycles. The predicted octanol–water partition coefficient (Wildman–Crippen LogP) is 3.44. The second-order valence-electron chi connectivity index (χ2n) is 8.75. The summed E-state index contributed by atoms with van der Waals surface area (Å²) in [6.07, 6.45) is 0.121. The number of nitrogens with one attached hydrogen (secondary N) is 2. The molecule has 2 aromatic rings. The topological polar surface area (TPSA) is 114 Å². The number of hydrogen-bond donors (Lipinski definition) is 3. The summed E-state index contributed by atoms with van der Waals surface area (Å²) in [6, 6.07) is 15.2. The van der Waals surface area contributed by atoms with Crippen LogP contribution in [0.25, 0.3) is 11.1 Å². The molecule has 8 heteroatoms. The van der Waals surface area contributed by atoms with Gasteiger partial charge in [0.1, 0.15) is 6.61 Å². The summed E-state index contributed by atoms with van der Waals surface area (Å²) in [5, 5.41) is 14.6. The number of ether oxygens (including phenoxy) is 2.